The molecule has 2 aromatic rings. The van der Waals surface area contributed by atoms with Crippen molar-refractivity contribution < 1.29 is 19.4 Å². The molecule has 0 bridgehead atoms. The molecule has 0 aromatic heterocycles. The molecule has 3 rings (SSSR count). The highest BCUT2D eigenvalue weighted by Gasteiger charge is 2.27. The van der Waals surface area contributed by atoms with Crippen LogP contribution in [-0.2, 0) is 33.8 Å². The van der Waals surface area contributed by atoms with Crippen LogP contribution in [-0.4, -0.2) is 29.1 Å². The first kappa shape index (κ1) is 18.1. The lowest BCUT2D eigenvalue weighted by Crippen LogP contribution is -2.45. The molecule has 0 aliphatic carbocycles. The molecule has 1 unspecified atom stereocenters. The van der Waals surface area contributed by atoms with Gasteiger partial charge in [-0.25, -0.2) is 0 Å². The number of hydrogen-bond donors (Lipinski definition) is 2. The van der Waals surface area contributed by atoms with Gasteiger partial charge in [0.05, 0.1) is 6.61 Å². The number of carboxylic acids is 1. The zero-order chi connectivity index (χ0) is 18.4. The van der Waals surface area contributed by atoms with Gasteiger partial charge in [-0.1, -0.05) is 54.6 Å². The lowest BCUT2D eigenvalue weighted by atomic mass is 9.97. The number of benzene rings is 2. The van der Waals surface area contributed by atoms with Crippen LogP contribution in [0.4, 0.5) is 0 Å². The Balaban J connectivity index is 1.63. The Morgan fingerprint density at radius 1 is 1.08 bits per heavy atom. The van der Waals surface area contributed by atoms with E-state index in [0.717, 1.165) is 16.7 Å². The van der Waals surface area contributed by atoms with E-state index in [1.54, 1.807) is 0 Å². The maximum absolute atomic E-state index is 12.7. The summed E-state index contributed by atoms with van der Waals surface area (Å²) in [6.07, 6.45) is 1.01. The van der Waals surface area contributed by atoms with E-state index in [2.05, 4.69) is 5.32 Å². The first-order valence-electron chi connectivity index (χ1n) is 8.86. The predicted molar refractivity (Wildman–Crippen MR) is 97.7 cm³/mol. The molecule has 1 aliphatic rings. The fraction of sp³-hybridized carbons (Fsp3) is 0.333. The van der Waals surface area contributed by atoms with Gasteiger partial charge in [0.2, 0.25) is 5.91 Å². The van der Waals surface area contributed by atoms with Gasteiger partial charge in [-0.2, -0.15) is 0 Å². The molecule has 0 saturated carbocycles. The minimum atomic E-state index is -0.861. The summed E-state index contributed by atoms with van der Waals surface area (Å²) < 4.78 is 5.71. The molecule has 1 aliphatic heterocycles. The molecule has 1 heterocycles. The molecule has 2 N–H and O–H groups in total. The van der Waals surface area contributed by atoms with Crippen molar-refractivity contribution in [3.8, 4) is 0 Å². The molecule has 5 heteroatoms. The number of carboxylic acid groups (broad SMARTS) is 1. The van der Waals surface area contributed by atoms with Gasteiger partial charge in [-0.3, -0.25) is 9.59 Å². The van der Waals surface area contributed by atoms with Crippen LogP contribution in [0.15, 0.2) is 54.6 Å². The third-order valence-electron chi connectivity index (χ3n) is 4.63. The quantitative estimate of drug-likeness (QED) is 0.802. The number of ether oxygens (including phenoxy) is 1. The van der Waals surface area contributed by atoms with Crippen molar-refractivity contribution >= 4 is 11.9 Å². The number of amides is 1. The molecule has 0 radical (unpaired) electrons. The SMILES string of the molecule is O=C(O)CCC(Cc1ccccc1)NC(=O)[C@@H]1Cc2ccccc2CO1. The Bertz CT molecular complexity index is 760. The summed E-state index contributed by atoms with van der Waals surface area (Å²) in [6, 6.07) is 17.5. The van der Waals surface area contributed by atoms with Crippen molar-refractivity contribution in [1.82, 2.24) is 5.32 Å². The minimum Gasteiger partial charge on any atom is -0.481 e. The second-order valence-corrected chi connectivity index (χ2v) is 6.60. The van der Waals surface area contributed by atoms with E-state index in [1.165, 1.54) is 0 Å². The summed E-state index contributed by atoms with van der Waals surface area (Å²) in [7, 11) is 0. The van der Waals surface area contributed by atoms with E-state index >= 15 is 0 Å². The fourth-order valence-electron chi connectivity index (χ4n) is 3.23. The normalized spacial score (nSPS) is 17.2. The van der Waals surface area contributed by atoms with Gasteiger partial charge in [0.25, 0.3) is 0 Å². The Morgan fingerprint density at radius 2 is 1.77 bits per heavy atom. The molecule has 26 heavy (non-hydrogen) atoms. The molecule has 2 atom stereocenters. The van der Waals surface area contributed by atoms with Gasteiger partial charge in [-0.05, 0) is 29.5 Å². The summed E-state index contributed by atoms with van der Waals surface area (Å²) in [5.41, 5.74) is 3.31. The van der Waals surface area contributed by atoms with Crippen molar-refractivity contribution in [2.24, 2.45) is 0 Å². The highest BCUT2D eigenvalue weighted by molar-refractivity contribution is 5.81. The minimum absolute atomic E-state index is 0.0200. The van der Waals surface area contributed by atoms with Gasteiger partial charge in [0, 0.05) is 18.9 Å². The number of carbonyl (C=O) groups excluding carboxylic acids is 1. The van der Waals surface area contributed by atoms with Crippen LogP contribution in [0.2, 0.25) is 0 Å². The van der Waals surface area contributed by atoms with Gasteiger partial charge >= 0.3 is 5.97 Å². The highest BCUT2D eigenvalue weighted by Crippen LogP contribution is 2.20. The monoisotopic (exact) mass is 353 g/mol. The Kier molecular flexibility index (Phi) is 6.02. The lowest BCUT2D eigenvalue weighted by Gasteiger charge is -2.27. The molecule has 5 nitrogen and oxygen atoms in total. The maximum atomic E-state index is 12.7. The summed E-state index contributed by atoms with van der Waals surface area (Å²) in [5, 5.41) is 12.0. The van der Waals surface area contributed by atoms with Crippen LogP contribution >= 0.6 is 0 Å². The topological polar surface area (TPSA) is 75.6 Å². The van der Waals surface area contributed by atoms with Gasteiger partial charge in [0.15, 0.2) is 0 Å². The Hall–Kier alpha value is -2.66. The fourth-order valence-corrected chi connectivity index (χ4v) is 3.23. The predicted octanol–water partition coefficient (Wildman–Crippen LogP) is 2.72. The summed E-state index contributed by atoms with van der Waals surface area (Å²) in [6.45, 7) is 0.423. The van der Waals surface area contributed by atoms with E-state index in [1.807, 2.05) is 54.6 Å². The molecule has 0 fully saturated rings. The van der Waals surface area contributed by atoms with Crippen molar-refractivity contribution in [3.05, 3.63) is 71.3 Å². The second-order valence-electron chi connectivity index (χ2n) is 6.60. The van der Waals surface area contributed by atoms with E-state index in [-0.39, 0.29) is 18.4 Å². The van der Waals surface area contributed by atoms with Crippen LogP contribution in [0.1, 0.15) is 29.5 Å². The molecule has 0 spiro atoms. The van der Waals surface area contributed by atoms with Crippen molar-refractivity contribution in [2.45, 2.75) is 44.4 Å². The molecule has 2 aromatic carbocycles. The number of aliphatic carboxylic acids is 1. The smallest absolute Gasteiger partial charge is 0.303 e. The summed E-state index contributed by atoms with van der Waals surface area (Å²) >= 11 is 0. The first-order chi connectivity index (χ1) is 12.6. The standard InChI is InChI=1S/C21H23NO4/c23-20(24)11-10-18(12-15-6-2-1-3-7-15)22-21(25)19-13-16-8-4-5-9-17(16)14-26-19/h1-9,18-19H,10-14H2,(H,22,25)(H,23,24)/t18?,19-/m0/s1. The average Bonchev–Trinajstić information content (AvgIpc) is 2.66. The molecule has 0 saturated heterocycles. The van der Waals surface area contributed by atoms with Gasteiger partial charge < -0.3 is 15.2 Å². The number of carbonyl (C=O) groups is 2. The Labute approximate surface area is 153 Å². The Morgan fingerprint density at radius 3 is 2.50 bits per heavy atom. The van der Waals surface area contributed by atoms with Crippen LogP contribution in [0.5, 0.6) is 0 Å². The molecule has 1 amide bonds. The van der Waals surface area contributed by atoms with Crippen LogP contribution in [0.25, 0.3) is 0 Å². The molecule has 136 valence electrons. The average molecular weight is 353 g/mol. The first-order valence-corrected chi connectivity index (χ1v) is 8.86. The van der Waals surface area contributed by atoms with Crippen molar-refractivity contribution in [3.63, 3.8) is 0 Å². The van der Waals surface area contributed by atoms with E-state index in [9.17, 15) is 9.59 Å². The zero-order valence-corrected chi connectivity index (χ0v) is 14.6. The largest absolute Gasteiger partial charge is 0.481 e. The third-order valence-corrected chi connectivity index (χ3v) is 4.63. The van der Waals surface area contributed by atoms with Gasteiger partial charge in [0.1, 0.15) is 6.10 Å². The zero-order valence-electron chi connectivity index (χ0n) is 14.6. The molecular formula is C21H23NO4. The third kappa shape index (κ3) is 4.92. The number of hydrogen-bond acceptors (Lipinski definition) is 3. The lowest BCUT2D eigenvalue weighted by molar-refractivity contribution is -0.138. The van der Waals surface area contributed by atoms with E-state index in [4.69, 9.17) is 9.84 Å². The van der Waals surface area contributed by atoms with Crippen LogP contribution < -0.4 is 5.32 Å². The van der Waals surface area contributed by atoms with Crippen molar-refractivity contribution in [2.75, 3.05) is 0 Å². The van der Waals surface area contributed by atoms with Crippen molar-refractivity contribution in [1.29, 1.82) is 0 Å². The van der Waals surface area contributed by atoms with Gasteiger partial charge in [-0.15, -0.1) is 0 Å². The highest BCUT2D eigenvalue weighted by atomic mass is 16.5. The van der Waals surface area contributed by atoms with Crippen LogP contribution in [0, 0.1) is 0 Å². The van der Waals surface area contributed by atoms with E-state index < -0.39 is 12.1 Å². The number of nitrogens with one attached hydrogen (secondary N) is 1. The summed E-state index contributed by atoms with van der Waals surface area (Å²) in [5.74, 6) is -1.04. The maximum Gasteiger partial charge on any atom is 0.303 e. The number of fused-ring (bicyclic) bond motifs is 1. The molecular weight excluding hydrogens is 330 g/mol. The number of rotatable bonds is 7. The van der Waals surface area contributed by atoms with Crippen LogP contribution in [0.3, 0.4) is 0 Å². The second kappa shape index (κ2) is 8.63. The van der Waals surface area contributed by atoms with E-state index in [0.29, 0.717) is 25.9 Å². The summed E-state index contributed by atoms with van der Waals surface area (Å²) in [4.78, 5) is 23.6.